The molecule has 3 rings (SSSR count). The zero-order valence-electron chi connectivity index (χ0n) is 16.5. The van der Waals surface area contributed by atoms with Gasteiger partial charge in [0.15, 0.2) is 5.82 Å². The lowest BCUT2D eigenvalue weighted by molar-refractivity contribution is -0.134. The minimum absolute atomic E-state index is 0.00841. The van der Waals surface area contributed by atoms with Crippen LogP contribution in [0.3, 0.4) is 0 Å². The first-order chi connectivity index (χ1) is 12.6. The van der Waals surface area contributed by atoms with E-state index >= 15 is 0 Å². The van der Waals surface area contributed by atoms with E-state index in [1.54, 1.807) is 4.90 Å². The topological polar surface area (TPSA) is 110 Å². The zero-order chi connectivity index (χ0) is 19.7. The van der Waals surface area contributed by atoms with Crippen LogP contribution in [0, 0.1) is 0 Å². The number of rotatable bonds is 4. The van der Waals surface area contributed by atoms with Crippen LogP contribution >= 0.6 is 0 Å². The second-order valence-electron chi connectivity index (χ2n) is 8.66. The number of nitrogens with zero attached hydrogens (tertiary/aromatic N) is 3. The Labute approximate surface area is 159 Å². The number of nitrogens with one attached hydrogen (secondary N) is 2. The van der Waals surface area contributed by atoms with Crippen molar-refractivity contribution in [1.82, 2.24) is 25.7 Å². The number of carbonyl (C=O) groups excluding carboxylic acids is 2. The van der Waals surface area contributed by atoms with Crippen LogP contribution in [-0.4, -0.2) is 70.3 Å². The molecule has 2 aliphatic rings. The van der Waals surface area contributed by atoms with Gasteiger partial charge in [-0.15, -0.1) is 0 Å². The minimum atomic E-state index is -0.397. The van der Waals surface area contributed by atoms with Crippen LogP contribution in [0.4, 0.5) is 0 Å². The van der Waals surface area contributed by atoms with E-state index in [4.69, 9.17) is 9.26 Å². The fourth-order valence-electron chi connectivity index (χ4n) is 4.15. The van der Waals surface area contributed by atoms with Gasteiger partial charge in [0, 0.05) is 30.2 Å². The fourth-order valence-corrected chi connectivity index (χ4v) is 4.15. The molecule has 2 aliphatic heterocycles. The van der Waals surface area contributed by atoms with Gasteiger partial charge in [0.1, 0.15) is 0 Å². The molecule has 0 saturated carbocycles. The molecule has 0 spiro atoms. The first-order valence-corrected chi connectivity index (χ1v) is 9.42. The second kappa shape index (κ2) is 7.55. The van der Waals surface area contributed by atoms with Gasteiger partial charge < -0.3 is 24.8 Å². The van der Waals surface area contributed by atoms with E-state index in [0.717, 1.165) is 12.8 Å². The molecule has 27 heavy (non-hydrogen) atoms. The molecule has 9 nitrogen and oxygen atoms in total. The molecule has 0 bridgehead atoms. The van der Waals surface area contributed by atoms with E-state index in [1.165, 1.54) is 0 Å². The Hall–Kier alpha value is -2.00. The third kappa shape index (κ3) is 5.26. The molecule has 0 unspecified atom stereocenters. The summed E-state index contributed by atoms with van der Waals surface area (Å²) in [6.07, 6.45) is 1.63. The maximum absolute atomic E-state index is 12.5. The summed E-state index contributed by atoms with van der Waals surface area (Å²) >= 11 is 0. The summed E-state index contributed by atoms with van der Waals surface area (Å²) in [5.74, 6) is -0.365. The van der Waals surface area contributed by atoms with Crippen LogP contribution in [0.25, 0.3) is 0 Å². The van der Waals surface area contributed by atoms with Crippen LogP contribution < -0.4 is 10.6 Å². The lowest BCUT2D eigenvalue weighted by atomic mass is 9.79. The third-order valence-electron chi connectivity index (χ3n) is 4.86. The number of piperidine rings is 1. The molecular weight excluding hydrogens is 350 g/mol. The van der Waals surface area contributed by atoms with Crippen molar-refractivity contribution in [3.8, 4) is 0 Å². The van der Waals surface area contributed by atoms with Crippen LogP contribution in [0.1, 0.15) is 57.0 Å². The van der Waals surface area contributed by atoms with Crippen molar-refractivity contribution in [2.75, 3.05) is 26.3 Å². The predicted octanol–water partition coefficient (Wildman–Crippen LogP) is 0.510. The van der Waals surface area contributed by atoms with Gasteiger partial charge in [-0.05, 0) is 40.5 Å². The van der Waals surface area contributed by atoms with E-state index in [2.05, 4.69) is 48.5 Å². The molecule has 1 aromatic heterocycles. The van der Waals surface area contributed by atoms with Crippen molar-refractivity contribution in [1.29, 1.82) is 0 Å². The number of hydrogen-bond acceptors (Lipinski definition) is 7. The quantitative estimate of drug-likeness (QED) is 0.784. The number of carbonyl (C=O) groups is 2. The van der Waals surface area contributed by atoms with Crippen molar-refractivity contribution >= 4 is 11.8 Å². The molecule has 2 saturated heterocycles. The summed E-state index contributed by atoms with van der Waals surface area (Å²) in [4.78, 5) is 30.5. The van der Waals surface area contributed by atoms with Crippen molar-refractivity contribution < 1.29 is 18.8 Å². The van der Waals surface area contributed by atoms with Gasteiger partial charge in [-0.25, -0.2) is 0 Å². The second-order valence-corrected chi connectivity index (χ2v) is 8.66. The third-order valence-corrected chi connectivity index (χ3v) is 4.86. The number of hydrogen-bond donors (Lipinski definition) is 2. The number of ether oxygens (including phenoxy) is 1. The Morgan fingerprint density at radius 2 is 1.81 bits per heavy atom. The van der Waals surface area contributed by atoms with E-state index < -0.39 is 5.91 Å². The molecular formula is C18H29N5O4. The van der Waals surface area contributed by atoms with Gasteiger partial charge >= 0.3 is 11.8 Å². The summed E-state index contributed by atoms with van der Waals surface area (Å²) in [6.45, 7) is 10.7. The SMILES string of the molecule is CC1(C)CC(NC(=O)c2nc(CC(=O)N3CCOCC3)no2)CC(C)(C)N1. The van der Waals surface area contributed by atoms with Crippen molar-refractivity contribution in [2.24, 2.45) is 0 Å². The van der Waals surface area contributed by atoms with Gasteiger partial charge in [-0.1, -0.05) is 5.16 Å². The van der Waals surface area contributed by atoms with Crippen molar-refractivity contribution in [3.05, 3.63) is 11.7 Å². The Bertz CT molecular complexity index is 678. The lowest BCUT2D eigenvalue weighted by Gasteiger charge is -2.46. The molecule has 0 aromatic carbocycles. The zero-order valence-corrected chi connectivity index (χ0v) is 16.5. The molecule has 0 radical (unpaired) electrons. The molecule has 0 atom stereocenters. The Morgan fingerprint density at radius 3 is 2.44 bits per heavy atom. The molecule has 150 valence electrons. The van der Waals surface area contributed by atoms with Gasteiger partial charge in [-0.2, -0.15) is 4.98 Å². The monoisotopic (exact) mass is 379 g/mol. The first-order valence-electron chi connectivity index (χ1n) is 9.42. The average molecular weight is 379 g/mol. The smallest absolute Gasteiger partial charge is 0.315 e. The molecule has 2 N–H and O–H groups in total. The summed E-state index contributed by atoms with van der Waals surface area (Å²) in [5.41, 5.74) is -0.158. The highest BCUT2D eigenvalue weighted by atomic mass is 16.5. The van der Waals surface area contributed by atoms with Crippen LogP contribution in [0.15, 0.2) is 4.52 Å². The predicted molar refractivity (Wildman–Crippen MR) is 97.2 cm³/mol. The number of amides is 2. The number of morpholine rings is 1. The standard InChI is InChI=1S/C18H29N5O4/c1-17(2)10-12(11-18(3,4)22-17)19-15(25)16-20-13(21-27-16)9-14(24)23-5-7-26-8-6-23/h12,22H,5-11H2,1-4H3,(H,19,25). The van der Waals surface area contributed by atoms with Crippen LogP contribution in [-0.2, 0) is 16.0 Å². The Balaban J connectivity index is 1.57. The summed E-state index contributed by atoms with van der Waals surface area (Å²) < 4.78 is 10.3. The van der Waals surface area contributed by atoms with Gasteiger partial charge in [-0.3, -0.25) is 9.59 Å². The van der Waals surface area contributed by atoms with E-state index in [0.29, 0.717) is 26.3 Å². The summed E-state index contributed by atoms with van der Waals surface area (Å²) in [6, 6.07) is 0.00841. The summed E-state index contributed by atoms with van der Waals surface area (Å²) in [5, 5.41) is 10.4. The fraction of sp³-hybridized carbons (Fsp3) is 0.778. The van der Waals surface area contributed by atoms with Gasteiger partial charge in [0.25, 0.3) is 0 Å². The summed E-state index contributed by atoms with van der Waals surface area (Å²) in [7, 11) is 0. The van der Waals surface area contributed by atoms with E-state index in [-0.39, 0.29) is 41.2 Å². The van der Waals surface area contributed by atoms with E-state index in [9.17, 15) is 9.59 Å². The maximum Gasteiger partial charge on any atom is 0.315 e. The van der Waals surface area contributed by atoms with Gasteiger partial charge in [0.05, 0.1) is 19.6 Å². The Morgan fingerprint density at radius 1 is 1.19 bits per heavy atom. The van der Waals surface area contributed by atoms with Crippen LogP contribution in [0.5, 0.6) is 0 Å². The molecule has 3 heterocycles. The van der Waals surface area contributed by atoms with Gasteiger partial charge in [0.2, 0.25) is 5.91 Å². The molecule has 0 aliphatic carbocycles. The molecule has 2 amide bonds. The lowest BCUT2D eigenvalue weighted by Crippen LogP contribution is -2.62. The van der Waals surface area contributed by atoms with E-state index in [1.807, 2.05) is 0 Å². The Kier molecular flexibility index (Phi) is 5.53. The average Bonchev–Trinajstić information content (AvgIpc) is 3.01. The molecule has 2 fully saturated rings. The highest BCUT2D eigenvalue weighted by molar-refractivity contribution is 5.89. The van der Waals surface area contributed by atoms with Crippen molar-refractivity contribution in [3.63, 3.8) is 0 Å². The maximum atomic E-state index is 12.5. The van der Waals surface area contributed by atoms with Crippen molar-refractivity contribution in [2.45, 2.75) is 64.1 Å². The normalized spacial score (nSPS) is 22.4. The first kappa shape index (κ1) is 19.8. The molecule has 1 aromatic rings. The largest absolute Gasteiger partial charge is 0.378 e. The highest BCUT2D eigenvalue weighted by Gasteiger charge is 2.38. The molecule has 9 heteroatoms. The number of aromatic nitrogens is 2. The highest BCUT2D eigenvalue weighted by Crippen LogP contribution is 2.28. The minimum Gasteiger partial charge on any atom is -0.378 e. The van der Waals surface area contributed by atoms with Crippen LogP contribution in [0.2, 0.25) is 0 Å².